The van der Waals surface area contributed by atoms with E-state index in [1.54, 1.807) is 48.7 Å². The number of hydrogen-bond acceptors (Lipinski definition) is 3. The van der Waals surface area contributed by atoms with Crippen LogP contribution in [0.15, 0.2) is 60.8 Å². The first-order valence-corrected chi connectivity index (χ1v) is 8.02. The molecule has 0 bridgehead atoms. The summed E-state index contributed by atoms with van der Waals surface area (Å²) >= 11 is 11.8. The number of rotatable bonds is 4. The van der Waals surface area contributed by atoms with E-state index in [9.17, 15) is 9.18 Å². The number of nitrogens with one attached hydrogen (secondary N) is 2. The highest BCUT2D eigenvalue weighted by atomic mass is 35.5. The van der Waals surface area contributed by atoms with Crippen molar-refractivity contribution >= 4 is 46.3 Å². The third-order valence-electron chi connectivity index (χ3n) is 3.34. The fourth-order valence-corrected chi connectivity index (χ4v) is 2.43. The minimum absolute atomic E-state index is 0.331. The zero-order valence-electron chi connectivity index (χ0n) is 12.8. The highest BCUT2D eigenvalue weighted by Gasteiger charge is 2.13. The predicted molar refractivity (Wildman–Crippen MR) is 98.3 cm³/mol. The fraction of sp³-hybridized carbons (Fsp3) is 0. The molecule has 25 heavy (non-hydrogen) atoms. The highest BCUT2D eigenvalue weighted by Crippen LogP contribution is 2.26. The molecule has 1 heterocycles. The molecule has 3 aromatic rings. The molecule has 0 spiro atoms. The molecule has 4 nitrogen and oxygen atoms in total. The lowest BCUT2D eigenvalue weighted by atomic mass is 10.2. The molecular formula is C18H12Cl2FN3O. The molecule has 1 amide bonds. The van der Waals surface area contributed by atoms with Crippen LogP contribution < -0.4 is 10.6 Å². The maximum atomic E-state index is 13.0. The summed E-state index contributed by atoms with van der Waals surface area (Å²) in [5, 5.41) is 6.49. The van der Waals surface area contributed by atoms with Crippen LogP contribution >= 0.6 is 23.2 Å². The third kappa shape index (κ3) is 4.26. The van der Waals surface area contributed by atoms with Crippen molar-refractivity contribution in [3.05, 3.63) is 82.2 Å². The van der Waals surface area contributed by atoms with E-state index in [0.29, 0.717) is 32.8 Å². The number of benzene rings is 2. The highest BCUT2D eigenvalue weighted by molar-refractivity contribution is 6.42. The number of hydrogen-bond donors (Lipinski definition) is 2. The van der Waals surface area contributed by atoms with Crippen LogP contribution in [0.3, 0.4) is 0 Å². The Hall–Kier alpha value is -2.63. The van der Waals surface area contributed by atoms with Crippen LogP contribution in [0.1, 0.15) is 10.4 Å². The number of aromatic nitrogens is 1. The second kappa shape index (κ2) is 7.51. The fourth-order valence-electron chi connectivity index (χ4n) is 2.13. The normalized spacial score (nSPS) is 10.4. The maximum Gasteiger partial charge on any atom is 0.259 e. The van der Waals surface area contributed by atoms with Gasteiger partial charge in [-0.25, -0.2) is 9.37 Å². The SMILES string of the molecule is O=C(Nc1ccc(Cl)c(Cl)c1)c1cccnc1Nc1ccc(F)cc1. The van der Waals surface area contributed by atoms with Crippen molar-refractivity contribution in [1.29, 1.82) is 0 Å². The molecule has 2 N–H and O–H groups in total. The van der Waals surface area contributed by atoms with Crippen LogP contribution in [-0.4, -0.2) is 10.9 Å². The first-order valence-electron chi connectivity index (χ1n) is 7.27. The lowest BCUT2D eigenvalue weighted by Gasteiger charge is -2.11. The predicted octanol–water partition coefficient (Wildman–Crippen LogP) is 5.52. The number of halogens is 3. The largest absolute Gasteiger partial charge is 0.340 e. The smallest absolute Gasteiger partial charge is 0.259 e. The lowest BCUT2D eigenvalue weighted by molar-refractivity contribution is 0.102. The molecule has 0 aliphatic rings. The van der Waals surface area contributed by atoms with Crippen molar-refractivity contribution in [2.45, 2.75) is 0 Å². The molecule has 0 saturated carbocycles. The van der Waals surface area contributed by atoms with E-state index >= 15 is 0 Å². The van der Waals surface area contributed by atoms with E-state index in [-0.39, 0.29) is 11.7 Å². The summed E-state index contributed by atoms with van der Waals surface area (Å²) in [4.78, 5) is 16.7. The molecule has 126 valence electrons. The summed E-state index contributed by atoms with van der Waals surface area (Å²) in [6.45, 7) is 0. The monoisotopic (exact) mass is 375 g/mol. The quantitative estimate of drug-likeness (QED) is 0.630. The molecule has 2 aromatic carbocycles. The first kappa shape index (κ1) is 17.2. The Balaban J connectivity index is 1.82. The van der Waals surface area contributed by atoms with Gasteiger partial charge < -0.3 is 10.6 Å². The maximum absolute atomic E-state index is 13.0. The van der Waals surface area contributed by atoms with Crippen LogP contribution in [0.25, 0.3) is 0 Å². The molecule has 0 aliphatic heterocycles. The van der Waals surface area contributed by atoms with Crippen molar-refractivity contribution < 1.29 is 9.18 Å². The number of pyridine rings is 1. The number of carbonyl (C=O) groups is 1. The van der Waals surface area contributed by atoms with Gasteiger partial charge in [-0.3, -0.25) is 4.79 Å². The van der Waals surface area contributed by atoms with Crippen molar-refractivity contribution in [3.63, 3.8) is 0 Å². The van der Waals surface area contributed by atoms with Gasteiger partial charge in [0, 0.05) is 17.6 Å². The topological polar surface area (TPSA) is 54.0 Å². The van der Waals surface area contributed by atoms with Crippen LogP contribution in [0, 0.1) is 5.82 Å². The summed E-state index contributed by atoms with van der Waals surface area (Å²) < 4.78 is 13.0. The molecule has 1 aromatic heterocycles. The van der Waals surface area contributed by atoms with Gasteiger partial charge in [0.1, 0.15) is 11.6 Å². The van der Waals surface area contributed by atoms with Crippen LogP contribution in [0.2, 0.25) is 10.0 Å². The molecule has 0 fully saturated rings. The Morgan fingerprint density at radius 2 is 1.68 bits per heavy atom. The average Bonchev–Trinajstić information content (AvgIpc) is 2.60. The summed E-state index contributed by atoms with van der Waals surface area (Å²) in [5.41, 5.74) is 1.46. The average molecular weight is 376 g/mol. The Kier molecular flexibility index (Phi) is 5.16. The van der Waals surface area contributed by atoms with E-state index in [4.69, 9.17) is 23.2 Å². The van der Waals surface area contributed by atoms with Gasteiger partial charge in [0.2, 0.25) is 0 Å². The van der Waals surface area contributed by atoms with Crippen molar-refractivity contribution in [3.8, 4) is 0 Å². The summed E-state index contributed by atoms with van der Waals surface area (Å²) in [7, 11) is 0. The first-order chi connectivity index (χ1) is 12.0. The van der Waals surface area contributed by atoms with Crippen LogP contribution in [-0.2, 0) is 0 Å². The van der Waals surface area contributed by atoms with E-state index in [1.807, 2.05) is 0 Å². The van der Waals surface area contributed by atoms with E-state index in [0.717, 1.165) is 0 Å². The molecular weight excluding hydrogens is 364 g/mol. The summed E-state index contributed by atoms with van der Waals surface area (Å²) in [6, 6.07) is 13.9. The van der Waals surface area contributed by atoms with Crippen LogP contribution in [0.4, 0.5) is 21.6 Å². The van der Waals surface area contributed by atoms with Gasteiger partial charge >= 0.3 is 0 Å². The summed E-state index contributed by atoms with van der Waals surface area (Å²) in [6.07, 6.45) is 1.56. The van der Waals surface area contributed by atoms with Gasteiger partial charge in [0.15, 0.2) is 0 Å². The van der Waals surface area contributed by atoms with Gasteiger partial charge in [-0.2, -0.15) is 0 Å². The second-order valence-corrected chi connectivity index (χ2v) is 5.93. The minimum atomic E-state index is -0.365. The van der Waals surface area contributed by atoms with Gasteiger partial charge in [-0.05, 0) is 54.6 Å². The van der Waals surface area contributed by atoms with Gasteiger partial charge in [0.25, 0.3) is 5.91 Å². The van der Waals surface area contributed by atoms with Gasteiger partial charge in [-0.1, -0.05) is 23.2 Å². The molecule has 0 radical (unpaired) electrons. The number of amides is 1. The lowest BCUT2D eigenvalue weighted by Crippen LogP contribution is -2.14. The Labute approximate surface area is 153 Å². The standard InChI is InChI=1S/C18H12Cl2FN3O/c19-15-8-7-13(10-16(15)20)24-18(25)14-2-1-9-22-17(14)23-12-5-3-11(21)4-6-12/h1-10H,(H,22,23)(H,24,25). The third-order valence-corrected chi connectivity index (χ3v) is 4.08. The number of nitrogens with zero attached hydrogens (tertiary/aromatic N) is 1. The van der Waals surface area contributed by atoms with Crippen molar-refractivity contribution in [2.75, 3.05) is 10.6 Å². The van der Waals surface area contributed by atoms with Crippen molar-refractivity contribution in [2.24, 2.45) is 0 Å². The molecule has 7 heteroatoms. The summed E-state index contributed by atoms with van der Waals surface area (Å²) in [5.74, 6) is -0.355. The van der Waals surface area contributed by atoms with Crippen molar-refractivity contribution in [1.82, 2.24) is 4.98 Å². The number of anilines is 3. The second-order valence-electron chi connectivity index (χ2n) is 5.11. The molecule has 0 saturated heterocycles. The molecule has 0 aliphatic carbocycles. The van der Waals surface area contributed by atoms with Crippen LogP contribution in [0.5, 0.6) is 0 Å². The van der Waals surface area contributed by atoms with E-state index in [2.05, 4.69) is 15.6 Å². The Morgan fingerprint density at radius 3 is 2.40 bits per heavy atom. The molecule has 3 rings (SSSR count). The Bertz CT molecular complexity index is 916. The van der Waals surface area contributed by atoms with E-state index < -0.39 is 0 Å². The zero-order valence-corrected chi connectivity index (χ0v) is 14.3. The number of carbonyl (C=O) groups excluding carboxylic acids is 1. The minimum Gasteiger partial charge on any atom is -0.340 e. The molecule has 0 atom stereocenters. The van der Waals surface area contributed by atoms with Gasteiger partial charge in [-0.15, -0.1) is 0 Å². The van der Waals surface area contributed by atoms with E-state index in [1.165, 1.54) is 12.1 Å². The molecule has 0 unspecified atom stereocenters. The zero-order chi connectivity index (χ0) is 17.8. The van der Waals surface area contributed by atoms with Gasteiger partial charge in [0.05, 0.1) is 15.6 Å². The Morgan fingerprint density at radius 1 is 0.960 bits per heavy atom.